The van der Waals surface area contributed by atoms with Gasteiger partial charge in [-0.2, -0.15) is 0 Å². The number of carbonyl (C=O) groups excluding carboxylic acids is 1. The Morgan fingerprint density at radius 3 is 2.73 bits per heavy atom. The van der Waals surface area contributed by atoms with Crippen LogP contribution in [0.2, 0.25) is 0 Å². The lowest BCUT2D eigenvalue weighted by molar-refractivity contribution is -0.122. The standard InChI is InChI=1S/C11H16N2O2/c1-15-8-7-13-11(14)10(12)9-5-3-2-4-6-9/h2-6,10H,7-8,12H2,1H3,(H,13,14). The molecule has 1 atom stereocenters. The molecular formula is C11H16N2O2. The number of hydrogen-bond acceptors (Lipinski definition) is 3. The molecular weight excluding hydrogens is 192 g/mol. The van der Waals surface area contributed by atoms with Gasteiger partial charge in [0.1, 0.15) is 6.04 Å². The van der Waals surface area contributed by atoms with Crippen LogP contribution in [0.25, 0.3) is 0 Å². The summed E-state index contributed by atoms with van der Waals surface area (Å²) in [5.41, 5.74) is 6.58. The van der Waals surface area contributed by atoms with E-state index < -0.39 is 6.04 Å². The van der Waals surface area contributed by atoms with Crippen molar-refractivity contribution in [2.45, 2.75) is 6.04 Å². The Morgan fingerprint density at radius 2 is 2.13 bits per heavy atom. The lowest BCUT2D eigenvalue weighted by Gasteiger charge is -2.11. The molecule has 0 saturated heterocycles. The molecule has 1 aromatic rings. The van der Waals surface area contributed by atoms with Gasteiger partial charge in [-0.15, -0.1) is 0 Å². The Balaban J connectivity index is 2.46. The number of amides is 1. The zero-order chi connectivity index (χ0) is 11.1. The van der Waals surface area contributed by atoms with Crippen molar-refractivity contribution in [3.8, 4) is 0 Å². The summed E-state index contributed by atoms with van der Waals surface area (Å²) in [5.74, 6) is -0.182. The maximum Gasteiger partial charge on any atom is 0.241 e. The summed E-state index contributed by atoms with van der Waals surface area (Å²) in [7, 11) is 1.59. The third-order valence-corrected chi connectivity index (χ3v) is 2.05. The highest BCUT2D eigenvalue weighted by Gasteiger charge is 2.13. The molecule has 0 aliphatic carbocycles. The van der Waals surface area contributed by atoms with E-state index in [2.05, 4.69) is 5.32 Å². The van der Waals surface area contributed by atoms with Gasteiger partial charge in [-0.05, 0) is 5.56 Å². The molecule has 0 bridgehead atoms. The molecule has 4 nitrogen and oxygen atoms in total. The molecule has 0 fully saturated rings. The van der Waals surface area contributed by atoms with Crippen molar-refractivity contribution in [3.05, 3.63) is 35.9 Å². The normalized spacial score (nSPS) is 12.1. The zero-order valence-corrected chi connectivity index (χ0v) is 8.77. The van der Waals surface area contributed by atoms with Crippen molar-refractivity contribution in [1.29, 1.82) is 0 Å². The molecule has 0 aliphatic rings. The first kappa shape index (κ1) is 11.7. The molecule has 0 saturated carbocycles. The highest BCUT2D eigenvalue weighted by molar-refractivity contribution is 5.82. The second kappa shape index (κ2) is 6.16. The summed E-state index contributed by atoms with van der Waals surface area (Å²) in [6, 6.07) is 8.66. The molecule has 1 amide bonds. The van der Waals surface area contributed by atoms with Crippen molar-refractivity contribution < 1.29 is 9.53 Å². The monoisotopic (exact) mass is 208 g/mol. The molecule has 1 unspecified atom stereocenters. The van der Waals surface area contributed by atoms with Gasteiger partial charge in [0.2, 0.25) is 5.91 Å². The third kappa shape index (κ3) is 3.69. The molecule has 1 rings (SSSR count). The average molecular weight is 208 g/mol. The van der Waals surface area contributed by atoms with Gasteiger partial charge in [0, 0.05) is 13.7 Å². The lowest BCUT2D eigenvalue weighted by atomic mass is 10.1. The van der Waals surface area contributed by atoms with Gasteiger partial charge in [-0.1, -0.05) is 30.3 Å². The molecule has 15 heavy (non-hydrogen) atoms. The maximum atomic E-state index is 11.5. The van der Waals surface area contributed by atoms with Crippen LogP contribution >= 0.6 is 0 Å². The van der Waals surface area contributed by atoms with Crippen LogP contribution in [-0.2, 0) is 9.53 Å². The Morgan fingerprint density at radius 1 is 1.47 bits per heavy atom. The predicted octanol–water partition coefficient (Wildman–Crippen LogP) is 0.449. The van der Waals surface area contributed by atoms with Crippen LogP contribution in [0.1, 0.15) is 11.6 Å². The van der Waals surface area contributed by atoms with E-state index in [4.69, 9.17) is 10.5 Å². The SMILES string of the molecule is COCCNC(=O)C(N)c1ccccc1. The minimum absolute atomic E-state index is 0.182. The highest BCUT2D eigenvalue weighted by Crippen LogP contribution is 2.08. The van der Waals surface area contributed by atoms with Gasteiger partial charge in [-0.25, -0.2) is 0 Å². The van der Waals surface area contributed by atoms with Gasteiger partial charge in [0.25, 0.3) is 0 Å². The largest absolute Gasteiger partial charge is 0.383 e. The van der Waals surface area contributed by atoms with Gasteiger partial charge in [-0.3, -0.25) is 4.79 Å². The number of ether oxygens (including phenoxy) is 1. The van der Waals surface area contributed by atoms with E-state index in [1.807, 2.05) is 30.3 Å². The van der Waals surface area contributed by atoms with E-state index in [1.165, 1.54) is 0 Å². The second-order valence-corrected chi connectivity index (χ2v) is 3.17. The third-order valence-electron chi connectivity index (χ3n) is 2.05. The maximum absolute atomic E-state index is 11.5. The summed E-state index contributed by atoms with van der Waals surface area (Å²) in [4.78, 5) is 11.5. The van der Waals surface area contributed by atoms with E-state index in [9.17, 15) is 4.79 Å². The lowest BCUT2D eigenvalue weighted by Crippen LogP contribution is -2.35. The number of hydrogen-bond donors (Lipinski definition) is 2. The summed E-state index contributed by atoms with van der Waals surface area (Å²) >= 11 is 0. The van der Waals surface area contributed by atoms with Crippen molar-refractivity contribution in [3.63, 3.8) is 0 Å². The Bertz CT molecular complexity index is 301. The van der Waals surface area contributed by atoms with E-state index in [-0.39, 0.29) is 5.91 Å². The number of methoxy groups -OCH3 is 1. The molecule has 3 N–H and O–H groups in total. The molecule has 1 aromatic carbocycles. The number of nitrogens with one attached hydrogen (secondary N) is 1. The first-order chi connectivity index (χ1) is 7.25. The molecule has 0 radical (unpaired) electrons. The fourth-order valence-corrected chi connectivity index (χ4v) is 1.20. The van der Waals surface area contributed by atoms with Gasteiger partial charge in [0.15, 0.2) is 0 Å². The van der Waals surface area contributed by atoms with E-state index in [0.717, 1.165) is 5.56 Å². The number of rotatable bonds is 5. The van der Waals surface area contributed by atoms with Crippen molar-refractivity contribution >= 4 is 5.91 Å². The van der Waals surface area contributed by atoms with Gasteiger partial charge >= 0.3 is 0 Å². The van der Waals surface area contributed by atoms with Gasteiger partial charge in [0.05, 0.1) is 6.61 Å². The van der Waals surface area contributed by atoms with Crippen LogP contribution in [0.3, 0.4) is 0 Å². The van der Waals surface area contributed by atoms with Crippen LogP contribution in [-0.4, -0.2) is 26.2 Å². The molecule has 0 heterocycles. The number of carbonyl (C=O) groups is 1. The van der Waals surface area contributed by atoms with Crippen LogP contribution < -0.4 is 11.1 Å². The number of benzene rings is 1. The zero-order valence-electron chi connectivity index (χ0n) is 8.77. The minimum atomic E-state index is -0.608. The summed E-state index contributed by atoms with van der Waals surface area (Å²) < 4.78 is 4.82. The van der Waals surface area contributed by atoms with Gasteiger partial charge < -0.3 is 15.8 Å². The van der Waals surface area contributed by atoms with Crippen molar-refractivity contribution in [1.82, 2.24) is 5.32 Å². The Kier molecular flexibility index (Phi) is 4.80. The highest BCUT2D eigenvalue weighted by atomic mass is 16.5. The smallest absolute Gasteiger partial charge is 0.241 e. The van der Waals surface area contributed by atoms with Crippen molar-refractivity contribution in [2.75, 3.05) is 20.3 Å². The fourth-order valence-electron chi connectivity index (χ4n) is 1.20. The molecule has 0 aliphatic heterocycles. The molecule has 82 valence electrons. The van der Waals surface area contributed by atoms with Crippen LogP contribution in [0.15, 0.2) is 30.3 Å². The van der Waals surface area contributed by atoms with Crippen LogP contribution in [0, 0.1) is 0 Å². The molecule has 4 heteroatoms. The van der Waals surface area contributed by atoms with Crippen LogP contribution in [0.4, 0.5) is 0 Å². The van der Waals surface area contributed by atoms with E-state index >= 15 is 0 Å². The summed E-state index contributed by atoms with van der Waals surface area (Å²) in [6.45, 7) is 0.975. The average Bonchev–Trinajstić information content (AvgIpc) is 2.29. The van der Waals surface area contributed by atoms with Crippen LogP contribution in [0.5, 0.6) is 0 Å². The van der Waals surface area contributed by atoms with E-state index in [1.54, 1.807) is 7.11 Å². The number of nitrogens with two attached hydrogens (primary N) is 1. The van der Waals surface area contributed by atoms with E-state index in [0.29, 0.717) is 13.2 Å². The fraction of sp³-hybridized carbons (Fsp3) is 0.364. The first-order valence-electron chi connectivity index (χ1n) is 4.83. The summed E-state index contributed by atoms with van der Waals surface area (Å²) in [6.07, 6.45) is 0. The van der Waals surface area contributed by atoms with Crippen molar-refractivity contribution in [2.24, 2.45) is 5.73 Å². The molecule has 0 aromatic heterocycles. The minimum Gasteiger partial charge on any atom is -0.383 e. The Hall–Kier alpha value is -1.39. The second-order valence-electron chi connectivity index (χ2n) is 3.17. The quantitative estimate of drug-likeness (QED) is 0.690. The summed E-state index contributed by atoms with van der Waals surface area (Å²) in [5, 5.41) is 2.69. The first-order valence-corrected chi connectivity index (χ1v) is 4.83. The predicted molar refractivity (Wildman–Crippen MR) is 58.3 cm³/mol. The molecule has 0 spiro atoms. The topological polar surface area (TPSA) is 64.3 Å². The Labute approximate surface area is 89.4 Å².